The second-order valence-electron chi connectivity index (χ2n) is 19.9. The van der Waals surface area contributed by atoms with Crippen LogP contribution in [-0.2, 0) is 38.3 Å². The molecule has 3 fully saturated rings. The topological polar surface area (TPSA) is 267 Å². The highest BCUT2D eigenvalue weighted by Gasteiger charge is 2.44. The zero-order chi connectivity index (χ0) is 51.0. The van der Waals surface area contributed by atoms with E-state index in [0.717, 1.165) is 51.4 Å². The summed E-state index contributed by atoms with van der Waals surface area (Å²) in [5, 5.41) is 16.4. The van der Waals surface area contributed by atoms with Crippen molar-refractivity contribution in [2.24, 2.45) is 17.8 Å². The van der Waals surface area contributed by atoms with Gasteiger partial charge in [-0.15, -0.1) is 0 Å². The minimum absolute atomic E-state index is 0.0438. The largest absolute Gasteiger partial charge is 0.444 e. The van der Waals surface area contributed by atoms with Gasteiger partial charge in [-0.25, -0.2) is 9.78 Å². The third kappa shape index (κ3) is 16.0. The number of Topliss-reactive ketones (excluding diaryl/α,β-unsaturated/α-hetero) is 1. The summed E-state index contributed by atoms with van der Waals surface area (Å²) in [7, 11) is 3.08. The van der Waals surface area contributed by atoms with Gasteiger partial charge in [-0.1, -0.05) is 95.0 Å². The van der Waals surface area contributed by atoms with E-state index in [1.54, 1.807) is 72.1 Å². The molecule has 0 unspecified atom stereocenters. The lowest BCUT2D eigenvalue weighted by molar-refractivity contribution is -0.141. The summed E-state index contributed by atoms with van der Waals surface area (Å²) in [5.74, 6) is -6.93. The van der Waals surface area contributed by atoms with Crippen LogP contribution in [-0.4, -0.2) is 136 Å². The first kappa shape index (κ1) is 54.5. The Morgan fingerprint density at radius 3 is 2.09 bits per heavy atom. The van der Waals surface area contributed by atoms with E-state index in [1.165, 1.54) is 28.4 Å². The molecule has 0 bridgehead atoms. The summed E-state index contributed by atoms with van der Waals surface area (Å²) in [4.78, 5) is 134. The number of amides is 8. The molecule has 20 heteroatoms. The number of aromatic nitrogens is 2. The fraction of sp³-hybridized carbons (Fsp3) is 0.620. The summed E-state index contributed by atoms with van der Waals surface area (Å²) in [5.41, 5.74) is -0.329. The molecule has 2 aromatic rings. The minimum atomic E-state index is -1.34. The number of carbonyl (C=O) groups is 9. The van der Waals surface area contributed by atoms with Gasteiger partial charge in [-0.3, -0.25) is 43.3 Å². The van der Waals surface area contributed by atoms with Gasteiger partial charge in [0, 0.05) is 39.6 Å². The van der Waals surface area contributed by atoms with Crippen LogP contribution in [0.4, 0.5) is 4.79 Å². The summed E-state index contributed by atoms with van der Waals surface area (Å²) in [6.07, 6.45) is 13.0. The predicted octanol–water partition coefficient (Wildman–Crippen LogP) is 2.88. The molecule has 8 amide bonds. The molecule has 1 saturated heterocycles. The van der Waals surface area contributed by atoms with E-state index in [1.807, 2.05) is 0 Å². The number of hydrogen-bond donors (Lipinski definition) is 6. The maximum Gasteiger partial charge on any atom is 0.410 e. The second kappa shape index (κ2) is 25.9. The van der Waals surface area contributed by atoms with Crippen LogP contribution < -0.4 is 31.9 Å². The van der Waals surface area contributed by atoms with Crippen molar-refractivity contribution in [1.29, 1.82) is 0 Å². The molecule has 0 spiro atoms. The van der Waals surface area contributed by atoms with E-state index < -0.39 is 101 Å². The van der Waals surface area contributed by atoms with Crippen LogP contribution in [0, 0.1) is 17.8 Å². The number of nitrogens with one attached hydrogen (secondary N) is 6. The van der Waals surface area contributed by atoms with Crippen LogP contribution in [0.25, 0.3) is 0 Å². The van der Waals surface area contributed by atoms with Crippen molar-refractivity contribution in [3.8, 4) is 0 Å². The quantitative estimate of drug-likeness (QED) is 0.105. The highest BCUT2D eigenvalue weighted by Crippen LogP contribution is 2.30. The average molecular weight is 973 g/mol. The predicted molar refractivity (Wildman–Crippen MR) is 257 cm³/mol. The first-order valence-electron chi connectivity index (χ1n) is 24.7. The van der Waals surface area contributed by atoms with Crippen molar-refractivity contribution in [2.75, 3.05) is 33.7 Å². The standard InChI is InChI=1S/C50H72N10O10/c1-7-17-35(42(62)47(67)53-28-39(61)57-41(48(68)59(5)6)33-22-15-10-16-23-33)54-43(63)34-29-60(49(69)70-50(2,3)4)30-38(34)56-44(64)36(26-31-18-11-8-12-19-31)55-46(66)40(32-20-13-9-14-21-32)58-45(65)37-27-51-24-25-52-37/h10,15-16,22-25,27,31-32,34-36,38,40-41H,7-9,11-14,17-21,26,28-30H2,1-6H3,(H,53,67)(H,54,63)(H,55,66)(H,56,64)(H,57,61)(H,58,65)/t34-,35+,36+,38+,40+,41+/m1/s1. The third-order valence-electron chi connectivity index (χ3n) is 13.0. The first-order chi connectivity index (χ1) is 33.3. The van der Waals surface area contributed by atoms with E-state index in [9.17, 15) is 43.2 Å². The van der Waals surface area contributed by atoms with Crippen LogP contribution in [0.15, 0.2) is 48.9 Å². The van der Waals surface area contributed by atoms with Crippen LogP contribution in [0.1, 0.15) is 133 Å². The van der Waals surface area contributed by atoms with E-state index in [0.29, 0.717) is 31.2 Å². The lowest BCUT2D eigenvalue weighted by Gasteiger charge is -2.33. The Labute approximate surface area is 410 Å². The summed E-state index contributed by atoms with van der Waals surface area (Å²) >= 11 is 0. The van der Waals surface area contributed by atoms with Gasteiger partial charge in [0.1, 0.15) is 29.4 Å². The number of benzene rings is 1. The molecule has 70 heavy (non-hydrogen) atoms. The van der Waals surface area contributed by atoms with Gasteiger partial charge in [0.15, 0.2) is 0 Å². The van der Waals surface area contributed by atoms with Crippen molar-refractivity contribution in [3.63, 3.8) is 0 Å². The zero-order valence-electron chi connectivity index (χ0n) is 41.4. The number of likely N-dealkylation sites (N-methyl/N-ethyl adjacent to an activating group) is 1. The van der Waals surface area contributed by atoms with Crippen LogP contribution in [0.2, 0.25) is 0 Å². The first-order valence-corrected chi connectivity index (χ1v) is 24.7. The summed E-state index contributed by atoms with van der Waals surface area (Å²) < 4.78 is 5.64. The van der Waals surface area contributed by atoms with Gasteiger partial charge in [0.2, 0.25) is 35.3 Å². The molecular weight excluding hydrogens is 901 g/mol. The lowest BCUT2D eigenvalue weighted by Crippen LogP contribution is -2.59. The molecule has 3 aliphatic rings. The second-order valence-corrected chi connectivity index (χ2v) is 19.9. The Bertz CT molecular complexity index is 2140. The van der Waals surface area contributed by atoms with Gasteiger partial charge in [0.05, 0.1) is 30.7 Å². The van der Waals surface area contributed by atoms with Crippen molar-refractivity contribution < 1.29 is 47.9 Å². The fourth-order valence-corrected chi connectivity index (χ4v) is 9.37. The molecule has 20 nitrogen and oxygen atoms in total. The lowest BCUT2D eigenvalue weighted by atomic mass is 9.82. The number of nitrogens with zero attached hydrogens (tertiary/aromatic N) is 4. The molecular formula is C50H72N10O10. The van der Waals surface area contributed by atoms with Gasteiger partial charge >= 0.3 is 6.09 Å². The van der Waals surface area contributed by atoms with E-state index in [-0.39, 0.29) is 37.0 Å². The Morgan fingerprint density at radius 2 is 1.47 bits per heavy atom. The van der Waals surface area contributed by atoms with Crippen LogP contribution >= 0.6 is 0 Å². The third-order valence-corrected chi connectivity index (χ3v) is 13.0. The van der Waals surface area contributed by atoms with Gasteiger partial charge < -0.3 is 46.4 Å². The number of carbonyl (C=O) groups excluding carboxylic acids is 9. The number of rotatable bonds is 20. The summed E-state index contributed by atoms with van der Waals surface area (Å²) in [6.45, 7) is 5.84. The van der Waals surface area contributed by atoms with Gasteiger partial charge in [-0.05, 0) is 63.9 Å². The number of likely N-dealkylation sites (tertiary alicyclic amines) is 1. The van der Waals surface area contributed by atoms with Crippen LogP contribution in [0.5, 0.6) is 0 Å². The highest BCUT2D eigenvalue weighted by atomic mass is 16.6. The van der Waals surface area contributed by atoms with Crippen molar-refractivity contribution in [1.82, 2.24) is 51.7 Å². The Balaban J connectivity index is 1.33. The molecule has 2 heterocycles. The highest BCUT2D eigenvalue weighted by molar-refractivity contribution is 6.38. The molecule has 6 atom stereocenters. The molecule has 1 aromatic carbocycles. The molecule has 382 valence electrons. The maximum atomic E-state index is 14.6. The zero-order valence-corrected chi connectivity index (χ0v) is 41.4. The maximum absolute atomic E-state index is 14.6. The average Bonchev–Trinajstić information content (AvgIpc) is 3.77. The SMILES string of the molecule is CCC[C@H](NC(=O)[C@@H]1CN(C(=O)OC(C)(C)C)C[C@@H]1NC(=O)[C@H](CC1CCCCC1)NC(=O)[C@@H](NC(=O)c1cnccn1)C1CCCCC1)C(=O)C(=O)NCC(=O)N[C@H](C(=O)N(C)C)c1ccccc1. The molecule has 5 rings (SSSR count). The van der Waals surface area contributed by atoms with Gasteiger partial charge in [0.25, 0.3) is 11.8 Å². The normalized spacial score (nSPS) is 19.3. The minimum Gasteiger partial charge on any atom is -0.444 e. The Hall–Kier alpha value is -6.47. The fourth-order valence-electron chi connectivity index (χ4n) is 9.37. The van der Waals surface area contributed by atoms with Crippen LogP contribution in [0.3, 0.4) is 0 Å². The molecule has 2 aliphatic carbocycles. The van der Waals surface area contributed by atoms with Crippen molar-refractivity contribution in [2.45, 2.75) is 147 Å². The van der Waals surface area contributed by atoms with E-state index >= 15 is 0 Å². The van der Waals surface area contributed by atoms with Gasteiger partial charge in [-0.2, -0.15) is 0 Å². The summed E-state index contributed by atoms with van der Waals surface area (Å²) in [6, 6.07) is 3.08. The number of ether oxygens (including phenoxy) is 1. The molecule has 1 aromatic heterocycles. The molecule has 1 aliphatic heterocycles. The molecule has 0 radical (unpaired) electrons. The monoisotopic (exact) mass is 973 g/mol. The van der Waals surface area contributed by atoms with Crippen molar-refractivity contribution in [3.05, 3.63) is 60.2 Å². The number of hydrogen-bond acceptors (Lipinski definition) is 12. The number of ketones is 1. The molecule has 6 N–H and O–H groups in total. The Kier molecular flexibility index (Phi) is 20.2. The smallest absolute Gasteiger partial charge is 0.410 e. The van der Waals surface area contributed by atoms with Crippen molar-refractivity contribution >= 4 is 53.2 Å². The van der Waals surface area contributed by atoms with E-state index in [4.69, 9.17) is 4.74 Å². The molecule has 2 saturated carbocycles. The van der Waals surface area contributed by atoms with E-state index in [2.05, 4.69) is 41.9 Å². The Morgan fingerprint density at radius 1 is 0.800 bits per heavy atom.